The van der Waals surface area contributed by atoms with Crippen LogP contribution < -0.4 is 19.5 Å². The Labute approximate surface area is 175 Å². The van der Waals surface area contributed by atoms with Crippen molar-refractivity contribution in [1.82, 2.24) is 0 Å². The third-order valence-corrected chi connectivity index (χ3v) is 5.10. The van der Waals surface area contributed by atoms with E-state index in [4.69, 9.17) is 25.8 Å². The summed E-state index contributed by atoms with van der Waals surface area (Å²) in [6.45, 7) is 6.22. The average Bonchev–Trinajstić information content (AvgIpc) is 3.21. The number of nitrogens with one attached hydrogen (secondary N) is 1. The minimum absolute atomic E-state index is 0.473. The third kappa shape index (κ3) is 5.57. The van der Waals surface area contributed by atoms with E-state index in [2.05, 4.69) is 5.32 Å². The highest BCUT2D eigenvalue weighted by molar-refractivity contribution is 7.09. The number of halogens is 1. The second-order valence-electron chi connectivity index (χ2n) is 6.02. The van der Waals surface area contributed by atoms with Crippen LogP contribution in [0.4, 0.5) is 5.69 Å². The van der Waals surface area contributed by atoms with Gasteiger partial charge >= 0.3 is 0 Å². The predicted molar refractivity (Wildman–Crippen MR) is 116 cm³/mol. The maximum Gasteiger partial charge on any atom is 0.180 e. The molecular weight excluding hydrogens is 394 g/mol. The Kier molecular flexibility index (Phi) is 7.46. The van der Waals surface area contributed by atoms with Crippen LogP contribution in [-0.2, 0) is 13.2 Å². The van der Waals surface area contributed by atoms with Crippen molar-refractivity contribution >= 4 is 28.6 Å². The SMILES string of the molecule is CCOc1ccc(NCc2cc(Cl)c(OCc3cccs3)c(OCC)c2)cc1. The van der Waals surface area contributed by atoms with E-state index < -0.39 is 0 Å². The van der Waals surface area contributed by atoms with Crippen molar-refractivity contribution in [3.63, 3.8) is 0 Å². The fraction of sp³-hybridized carbons (Fsp3) is 0.273. The first kappa shape index (κ1) is 20.4. The number of anilines is 1. The standard InChI is InChI=1S/C22H24ClNO3S/c1-3-25-18-9-7-17(8-10-18)24-14-16-12-20(23)22(21(13-16)26-4-2)27-15-19-6-5-11-28-19/h5-13,24H,3-4,14-15H2,1-2H3. The van der Waals surface area contributed by atoms with Crippen LogP contribution in [0.5, 0.6) is 17.2 Å². The summed E-state index contributed by atoms with van der Waals surface area (Å²) in [4.78, 5) is 1.14. The van der Waals surface area contributed by atoms with Crippen LogP contribution in [0.15, 0.2) is 53.9 Å². The van der Waals surface area contributed by atoms with E-state index in [9.17, 15) is 0 Å². The van der Waals surface area contributed by atoms with E-state index in [1.807, 2.05) is 67.8 Å². The smallest absolute Gasteiger partial charge is 0.180 e. The maximum atomic E-state index is 6.50. The minimum Gasteiger partial charge on any atom is -0.494 e. The molecule has 1 aromatic heterocycles. The fourth-order valence-corrected chi connectivity index (χ4v) is 3.61. The Morgan fingerprint density at radius 2 is 1.75 bits per heavy atom. The lowest BCUT2D eigenvalue weighted by molar-refractivity contribution is 0.271. The normalized spacial score (nSPS) is 10.5. The molecule has 1 N–H and O–H groups in total. The highest BCUT2D eigenvalue weighted by Crippen LogP contribution is 2.37. The van der Waals surface area contributed by atoms with Gasteiger partial charge in [0.05, 0.1) is 18.2 Å². The van der Waals surface area contributed by atoms with Gasteiger partial charge in [-0.25, -0.2) is 0 Å². The zero-order chi connectivity index (χ0) is 19.8. The molecule has 0 unspecified atom stereocenters. The van der Waals surface area contributed by atoms with Gasteiger partial charge in [0.15, 0.2) is 11.5 Å². The first-order chi connectivity index (χ1) is 13.7. The lowest BCUT2D eigenvalue weighted by Crippen LogP contribution is -2.03. The summed E-state index contributed by atoms with van der Waals surface area (Å²) in [5.41, 5.74) is 2.03. The third-order valence-electron chi connectivity index (χ3n) is 3.97. The highest BCUT2D eigenvalue weighted by Gasteiger charge is 2.13. The van der Waals surface area contributed by atoms with Crippen LogP contribution in [0.1, 0.15) is 24.3 Å². The summed E-state index contributed by atoms with van der Waals surface area (Å²) in [5.74, 6) is 2.11. The van der Waals surface area contributed by atoms with Crippen molar-refractivity contribution in [2.24, 2.45) is 0 Å². The van der Waals surface area contributed by atoms with Crippen LogP contribution in [-0.4, -0.2) is 13.2 Å². The molecule has 3 aromatic rings. The molecule has 0 radical (unpaired) electrons. The van der Waals surface area contributed by atoms with Gasteiger partial charge in [-0.1, -0.05) is 17.7 Å². The van der Waals surface area contributed by atoms with Crippen LogP contribution in [0.25, 0.3) is 0 Å². The molecule has 0 saturated carbocycles. The predicted octanol–water partition coefficient (Wildman–Crippen LogP) is 6.39. The molecule has 0 bridgehead atoms. The highest BCUT2D eigenvalue weighted by atomic mass is 35.5. The van der Waals surface area contributed by atoms with Gasteiger partial charge in [0, 0.05) is 17.1 Å². The number of hydrogen-bond acceptors (Lipinski definition) is 5. The van der Waals surface area contributed by atoms with Crippen LogP contribution in [0.2, 0.25) is 5.02 Å². The molecule has 28 heavy (non-hydrogen) atoms. The first-order valence-electron chi connectivity index (χ1n) is 9.26. The molecule has 2 aromatic carbocycles. The van der Waals surface area contributed by atoms with Gasteiger partial charge in [0.25, 0.3) is 0 Å². The molecule has 0 fully saturated rings. The van der Waals surface area contributed by atoms with Gasteiger partial charge in [0.2, 0.25) is 0 Å². The number of rotatable bonds is 10. The van der Waals surface area contributed by atoms with Crippen molar-refractivity contribution in [2.45, 2.75) is 27.0 Å². The van der Waals surface area contributed by atoms with E-state index in [0.29, 0.717) is 42.9 Å². The van der Waals surface area contributed by atoms with Crippen molar-refractivity contribution in [1.29, 1.82) is 0 Å². The summed E-state index contributed by atoms with van der Waals surface area (Å²) in [5, 5.41) is 5.97. The van der Waals surface area contributed by atoms with E-state index in [1.54, 1.807) is 11.3 Å². The maximum absolute atomic E-state index is 6.50. The summed E-state index contributed by atoms with van der Waals surface area (Å²) in [7, 11) is 0. The van der Waals surface area contributed by atoms with E-state index in [0.717, 1.165) is 21.9 Å². The lowest BCUT2D eigenvalue weighted by Gasteiger charge is -2.15. The van der Waals surface area contributed by atoms with Crippen LogP contribution in [0, 0.1) is 0 Å². The summed E-state index contributed by atoms with van der Waals surface area (Å²) in [6, 6.07) is 15.8. The topological polar surface area (TPSA) is 39.7 Å². The number of ether oxygens (including phenoxy) is 3. The largest absolute Gasteiger partial charge is 0.494 e. The lowest BCUT2D eigenvalue weighted by atomic mass is 10.2. The summed E-state index contributed by atoms with van der Waals surface area (Å²) < 4.78 is 17.2. The van der Waals surface area contributed by atoms with Gasteiger partial charge in [-0.2, -0.15) is 0 Å². The Hall–Kier alpha value is -2.37. The Morgan fingerprint density at radius 1 is 0.964 bits per heavy atom. The first-order valence-corrected chi connectivity index (χ1v) is 10.5. The molecule has 0 aliphatic carbocycles. The molecule has 0 spiro atoms. The monoisotopic (exact) mass is 417 g/mol. The Balaban J connectivity index is 1.69. The van der Waals surface area contributed by atoms with Gasteiger partial charge in [-0.05, 0) is 67.3 Å². The van der Waals surface area contributed by atoms with E-state index >= 15 is 0 Å². The van der Waals surface area contributed by atoms with Crippen molar-refractivity contribution < 1.29 is 14.2 Å². The van der Waals surface area contributed by atoms with E-state index in [1.165, 1.54) is 0 Å². The summed E-state index contributed by atoms with van der Waals surface area (Å²) in [6.07, 6.45) is 0. The average molecular weight is 418 g/mol. The zero-order valence-corrected chi connectivity index (χ0v) is 17.6. The molecule has 3 rings (SSSR count). The Morgan fingerprint density at radius 3 is 2.43 bits per heavy atom. The van der Waals surface area contributed by atoms with Crippen LogP contribution >= 0.6 is 22.9 Å². The number of benzene rings is 2. The number of hydrogen-bond donors (Lipinski definition) is 1. The van der Waals surface area contributed by atoms with Crippen molar-refractivity contribution in [3.8, 4) is 17.2 Å². The second-order valence-corrected chi connectivity index (χ2v) is 7.46. The van der Waals surface area contributed by atoms with Gasteiger partial charge in [-0.15, -0.1) is 11.3 Å². The minimum atomic E-state index is 0.473. The molecule has 0 saturated heterocycles. The summed E-state index contributed by atoms with van der Waals surface area (Å²) >= 11 is 8.15. The van der Waals surface area contributed by atoms with Crippen LogP contribution in [0.3, 0.4) is 0 Å². The Bertz CT molecular complexity index is 866. The van der Waals surface area contributed by atoms with Crippen molar-refractivity contribution in [3.05, 3.63) is 69.4 Å². The molecule has 0 aliphatic rings. The molecule has 148 valence electrons. The molecule has 4 nitrogen and oxygen atoms in total. The quantitative estimate of drug-likeness (QED) is 0.415. The van der Waals surface area contributed by atoms with E-state index in [-0.39, 0.29) is 0 Å². The molecule has 6 heteroatoms. The van der Waals surface area contributed by atoms with Gasteiger partial charge in [-0.3, -0.25) is 0 Å². The second kappa shape index (κ2) is 10.2. The molecule has 0 atom stereocenters. The number of thiophene rings is 1. The molecule has 1 heterocycles. The zero-order valence-electron chi connectivity index (χ0n) is 16.0. The molecule has 0 amide bonds. The molecular formula is C22H24ClNO3S. The van der Waals surface area contributed by atoms with Gasteiger partial charge in [0.1, 0.15) is 12.4 Å². The fourth-order valence-electron chi connectivity index (χ4n) is 2.70. The molecule has 0 aliphatic heterocycles. The van der Waals surface area contributed by atoms with Crippen molar-refractivity contribution in [2.75, 3.05) is 18.5 Å². The van der Waals surface area contributed by atoms with Gasteiger partial charge < -0.3 is 19.5 Å².